The van der Waals surface area contributed by atoms with Crippen LogP contribution in [0.3, 0.4) is 0 Å². The molecule has 0 N–H and O–H groups in total. The Balaban J connectivity index is 3.62. The Morgan fingerprint density at radius 2 is 1.50 bits per heavy atom. The molecule has 128 valence electrons. The van der Waals surface area contributed by atoms with Crippen LogP contribution < -0.4 is 0 Å². The van der Waals surface area contributed by atoms with E-state index in [0.29, 0.717) is 6.61 Å². The quantitative estimate of drug-likeness (QED) is 0.190. The lowest BCUT2D eigenvalue weighted by atomic mass is 10.1. The highest BCUT2D eigenvalue weighted by Gasteiger charge is 2.13. The summed E-state index contributed by atoms with van der Waals surface area (Å²) in [7, 11) is 0. The molecule has 0 aromatic carbocycles. The van der Waals surface area contributed by atoms with Gasteiger partial charge in [-0.25, -0.2) is 9.59 Å². The first-order chi connectivity index (χ1) is 10.3. The molecule has 22 heavy (non-hydrogen) atoms. The van der Waals surface area contributed by atoms with Crippen LogP contribution in [0, 0.1) is 0 Å². The number of rotatable bonds is 11. The lowest BCUT2D eigenvalue weighted by Crippen LogP contribution is -2.20. The van der Waals surface area contributed by atoms with Crippen LogP contribution in [0.15, 0.2) is 12.2 Å². The van der Waals surface area contributed by atoms with E-state index in [0.717, 1.165) is 31.4 Å². The Morgan fingerprint density at radius 1 is 0.909 bits per heavy atom. The molecule has 0 aliphatic rings. The van der Waals surface area contributed by atoms with Crippen LogP contribution in [0.25, 0.3) is 0 Å². The maximum Gasteiger partial charge on any atom is 0.369 e. The molecule has 0 unspecified atom stereocenters. The van der Waals surface area contributed by atoms with Gasteiger partial charge in [-0.15, -0.1) is 0 Å². The fourth-order valence-electron chi connectivity index (χ4n) is 1.42. The predicted octanol–water partition coefficient (Wildman–Crippen LogP) is 3.65. The van der Waals surface area contributed by atoms with Crippen molar-refractivity contribution in [1.29, 1.82) is 0 Å². The van der Waals surface area contributed by atoms with Gasteiger partial charge in [-0.1, -0.05) is 39.0 Å². The first kappa shape index (κ1) is 20.6. The van der Waals surface area contributed by atoms with Gasteiger partial charge in [0.2, 0.25) is 0 Å². The third-order valence-corrected chi connectivity index (χ3v) is 2.50. The van der Waals surface area contributed by atoms with E-state index < -0.39 is 17.5 Å². The maximum atomic E-state index is 11.3. The van der Waals surface area contributed by atoms with Gasteiger partial charge in [0.1, 0.15) is 0 Å². The summed E-state index contributed by atoms with van der Waals surface area (Å²) < 4.78 is 4.95. The second kappa shape index (κ2) is 12.2. The van der Waals surface area contributed by atoms with Crippen LogP contribution >= 0.6 is 0 Å². The molecule has 0 aliphatic heterocycles. The number of ether oxygens (including phenoxy) is 1. The van der Waals surface area contributed by atoms with Crippen LogP contribution in [-0.4, -0.2) is 24.1 Å². The summed E-state index contributed by atoms with van der Waals surface area (Å²) >= 11 is 0. The highest BCUT2D eigenvalue weighted by Crippen LogP contribution is 2.07. The van der Waals surface area contributed by atoms with Crippen LogP contribution in [0.4, 0.5) is 0 Å². The van der Waals surface area contributed by atoms with E-state index in [1.54, 1.807) is 20.8 Å². The number of carbonyl (C=O) groups is 2. The van der Waals surface area contributed by atoms with Gasteiger partial charge in [0.05, 0.1) is 12.2 Å². The molecular weight excluding hydrogens is 288 g/mol. The van der Waals surface area contributed by atoms with Crippen LogP contribution in [0.1, 0.15) is 66.2 Å². The molecule has 0 fully saturated rings. The summed E-state index contributed by atoms with van der Waals surface area (Å²) in [6.07, 6.45) is 8.61. The topological polar surface area (TPSA) is 71.1 Å². The van der Waals surface area contributed by atoms with Crippen LogP contribution in [-0.2, 0) is 29.1 Å². The zero-order valence-corrected chi connectivity index (χ0v) is 14.1. The molecule has 0 radical (unpaired) electrons. The molecule has 0 aromatic rings. The number of carbonyl (C=O) groups excluding carboxylic acids is 2. The van der Waals surface area contributed by atoms with Crippen molar-refractivity contribution in [2.75, 3.05) is 6.61 Å². The minimum Gasteiger partial charge on any atom is -0.463 e. The first-order valence-corrected chi connectivity index (χ1v) is 7.76. The lowest BCUT2D eigenvalue weighted by molar-refractivity contribution is -0.513. The van der Waals surface area contributed by atoms with Gasteiger partial charge < -0.3 is 4.74 Å². The van der Waals surface area contributed by atoms with E-state index in [4.69, 9.17) is 9.62 Å². The number of hydrogen-bond acceptors (Lipinski definition) is 6. The van der Waals surface area contributed by atoms with Gasteiger partial charge in [0.25, 0.3) is 0 Å². The minimum absolute atomic E-state index is 0.355. The maximum absolute atomic E-state index is 11.3. The Labute approximate surface area is 132 Å². The molecule has 0 bridgehead atoms. The fraction of sp³-hybridized carbons (Fsp3) is 0.750. The van der Waals surface area contributed by atoms with Gasteiger partial charge in [-0.2, -0.15) is 4.89 Å². The van der Waals surface area contributed by atoms with E-state index in [-0.39, 0.29) is 0 Å². The smallest absolute Gasteiger partial charge is 0.369 e. The van der Waals surface area contributed by atoms with E-state index in [1.807, 2.05) is 0 Å². The summed E-state index contributed by atoms with van der Waals surface area (Å²) in [6, 6.07) is 0. The molecule has 6 heteroatoms. The monoisotopic (exact) mass is 316 g/mol. The van der Waals surface area contributed by atoms with Crippen molar-refractivity contribution in [2.24, 2.45) is 0 Å². The van der Waals surface area contributed by atoms with Gasteiger partial charge in [-0.05, 0) is 32.2 Å². The van der Waals surface area contributed by atoms with E-state index in [1.165, 1.54) is 19.3 Å². The first-order valence-electron chi connectivity index (χ1n) is 7.76. The van der Waals surface area contributed by atoms with Crippen LogP contribution in [0.5, 0.6) is 0 Å². The van der Waals surface area contributed by atoms with E-state index >= 15 is 0 Å². The minimum atomic E-state index is -0.847. The SMILES string of the molecule is CCCCCCCCOC(=O)/C=C/C(=O)OOOC(C)(C)C. The van der Waals surface area contributed by atoms with Crippen molar-refractivity contribution in [3.05, 3.63) is 12.2 Å². The molecule has 0 aliphatic carbocycles. The molecule has 0 saturated carbocycles. The van der Waals surface area contributed by atoms with Crippen molar-refractivity contribution in [3.63, 3.8) is 0 Å². The normalized spacial score (nSPS) is 11.6. The van der Waals surface area contributed by atoms with Crippen molar-refractivity contribution < 1.29 is 29.1 Å². The second-order valence-corrected chi connectivity index (χ2v) is 5.93. The van der Waals surface area contributed by atoms with Crippen molar-refractivity contribution in [2.45, 2.75) is 71.8 Å². The molecule has 6 nitrogen and oxygen atoms in total. The molecule has 0 heterocycles. The summed E-state index contributed by atoms with van der Waals surface area (Å²) in [6.45, 7) is 7.72. The molecule has 0 atom stereocenters. The van der Waals surface area contributed by atoms with E-state index in [9.17, 15) is 9.59 Å². The van der Waals surface area contributed by atoms with Crippen molar-refractivity contribution in [1.82, 2.24) is 0 Å². The fourth-order valence-corrected chi connectivity index (χ4v) is 1.42. The average molecular weight is 316 g/mol. The molecule has 0 spiro atoms. The Morgan fingerprint density at radius 3 is 2.14 bits per heavy atom. The Kier molecular flexibility index (Phi) is 11.4. The van der Waals surface area contributed by atoms with E-state index in [2.05, 4.69) is 16.8 Å². The average Bonchev–Trinajstić information content (AvgIpc) is 2.43. The van der Waals surface area contributed by atoms with Gasteiger partial charge >= 0.3 is 11.9 Å². The van der Waals surface area contributed by atoms with Gasteiger partial charge in [-0.3, -0.25) is 4.89 Å². The zero-order valence-electron chi connectivity index (χ0n) is 14.1. The van der Waals surface area contributed by atoms with Crippen molar-refractivity contribution in [3.8, 4) is 0 Å². The second-order valence-electron chi connectivity index (χ2n) is 5.93. The number of unbranched alkanes of at least 4 members (excludes halogenated alkanes) is 5. The zero-order chi connectivity index (χ0) is 16.8. The molecule has 0 amide bonds. The van der Waals surface area contributed by atoms with Gasteiger partial charge in [0, 0.05) is 12.2 Å². The van der Waals surface area contributed by atoms with Crippen molar-refractivity contribution >= 4 is 11.9 Å². The third-order valence-electron chi connectivity index (χ3n) is 2.50. The molecule has 0 rings (SSSR count). The molecular formula is C16H28O6. The summed E-state index contributed by atoms with van der Waals surface area (Å²) in [5.74, 6) is -1.43. The summed E-state index contributed by atoms with van der Waals surface area (Å²) in [5.41, 5.74) is -0.597. The number of hydrogen-bond donors (Lipinski definition) is 0. The van der Waals surface area contributed by atoms with Crippen LogP contribution in [0.2, 0.25) is 0 Å². The molecule has 0 saturated heterocycles. The predicted molar refractivity (Wildman–Crippen MR) is 81.5 cm³/mol. The summed E-state index contributed by atoms with van der Waals surface area (Å²) in [5, 5.41) is 4.28. The largest absolute Gasteiger partial charge is 0.463 e. The Bertz CT molecular complexity index is 343. The lowest BCUT2D eigenvalue weighted by Gasteiger charge is -2.14. The summed E-state index contributed by atoms with van der Waals surface area (Å²) in [4.78, 5) is 31.5. The highest BCUT2D eigenvalue weighted by atomic mass is 17.5. The van der Waals surface area contributed by atoms with Gasteiger partial charge in [0.15, 0.2) is 0 Å². The third kappa shape index (κ3) is 15.0. The molecule has 0 aromatic heterocycles. The number of esters is 1. The standard InChI is InChI=1S/C16H28O6/c1-5-6-7-8-9-10-13-19-14(17)11-12-15(18)20-22-21-16(2,3)4/h11-12H,5-10,13H2,1-4H3/b12-11+. The highest BCUT2D eigenvalue weighted by molar-refractivity contribution is 5.91. The Hall–Kier alpha value is -1.40.